The molecule has 3 rings (SSSR count). The Morgan fingerprint density at radius 2 is 1.81 bits per heavy atom. The molecule has 26 heavy (non-hydrogen) atoms. The number of nitrogens with one attached hydrogen (secondary N) is 2. The first-order chi connectivity index (χ1) is 12.6. The molecule has 0 saturated carbocycles. The summed E-state index contributed by atoms with van der Waals surface area (Å²) < 4.78 is 18.8. The highest BCUT2D eigenvalue weighted by molar-refractivity contribution is 5.98. The van der Waals surface area contributed by atoms with Crippen molar-refractivity contribution in [2.75, 3.05) is 18.1 Å². The Morgan fingerprint density at radius 3 is 2.62 bits per heavy atom. The van der Waals surface area contributed by atoms with Crippen LogP contribution in [0.5, 0.6) is 5.75 Å². The van der Waals surface area contributed by atoms with Crippen LogP contribution in [0.2, 0.25) is 0 Å². The minimum Gasteiger partial charge on any atom is -0.482 e. The molecular formula is C18H16FN3O4. The van der Waals surface area contributed by atoms with Crippen molar-refractivity contribution in [3.63, 3.8) is 0 Å². The maximum Gasteiger partial charge on any atom is 0.272 e. The number of carbonyl (C=O) groups is 3. The normalized spacial score (nSPS) is 12.8. The zero-order valence-electron chi connectivity index (χ0n) is 13.7. The molecule has 0 unspecified atom stereocenters. The molecule has 0 saturated heterocycles. The molecule has 2 aromatic carbocycles. The van der Waals surface area contributed by atoms with E-state index >= 15 is 0 Å². The highest BCUT2D eigenvalue weighted by Gasteiger charge is 2.25. The number of hydrogen-bond donors (Lipinski definition) is 2. The molecule has 8 heteroatoms. The monoisotopic (exact) mass is 357 g/mol. The summed E-state index contributed by atoms with van der Waals surface area (Å²) in [7, 11) is 0. The predicted octanol–water partition coefficient (Wildman–Crippen LogP) is 1.40. The second-order valence-corrected chi connectivity index (χ2v) is 5.53. The Balaban J connectivity index is 1.54. The minimum absolute atomic E-state index is 0.0440. The van der Waals surface area contributed by atoms with E-state index in [4.69, 9.17) is 4.74 Å². The SMILES string of the molecule is O=C(CCN1C(=O)COc2ccccc21)NNC(=O)c1ccccc1F. The van der Waals surface area contributed by atoms with Crippen LogP contribution in [0.3, 0.4) is 0 Å². The van der Waals surface area contributed by atoms with Gasteiger partial charge in [0, 0.05) is 13.0 Å². The van der Waals surface area contributed by atoms with Crippen LogP contribution in [0, 0.1) is 5.82 Å². The zero-order chi connectivity index (χ0) is 18.5. The lowest BCUT2D eigenvalue weighted by atomic mass is 10.2. The molecule has 2 N–H and O–H groups in total. The molecule has 2 aromatic rings. The van der Waals surface area contributed by atoms with Crippen molar-refractivity contribution >= 4 is 23.4 Å². The third kappa shape index (κ3) is 3.80. The van der Waals surface area contributed by atoms with Gasteiger partial charge in [-0.2, -0.15) is 0 Å². The summed E-state index contributed by atoms with van der Waals surface area (Å²) in [5.74, 6) is -1.64. The smallest absolute Gasteiger partial charge is 0.272 e. The highest BCUT2D eigenvalue weighted by Crippen LogP contribution is 2.31. The van der Waals surface area contributed by atoms with Gasteiger partial charge in [0.15, 0.2) is 6.61 Å². The van der Waals surface area contributed by atoms with Crippen LogP contribution in [-0.4, -0.2) is 30.9 Å². The topological polar surface area (TPSA) is 87.7 Å². The predicted molar refractivity (Wildman–Crippen MR) is 90.9 cm³/mol. The van der Waals surface area contributed by atoms with E-state index in [1.165, 1.54) is 23.1 Å². The first-order valence-electron chi connectivity index (χ1n) is 7.92. The van der Waals surface area contributed by atoms with Crippen molar-refractivity contribution in [2.24, 2.45) is 0 Å². The van der Waals surface area contributed by atoms with E-state index in [0.29, 0.717) is 11.4 Å². The fraction of sp³-hybridized carbons (Fsp3) is 0.167. The van der Waals surface area contributed by atoms with Crippen molar-refractivity contribution in [3.8, 4) is 5.75 Å². The summed E-state index contributed by atoms with van der Waals surface area (Å²) in [5.41, 5.74) is 4.78. The summed E-state index contributed by atoms with van der Waals surface area (Å²) in [4.78, 5) is 37.3. The molecule has 0 aromatic heterocycles. The molecule has 0 fully saturated rings. The molecule has 7 nitrogen and oxygen atoms in total. The third-order valence-electron chi connectivity index (χ3n) is 3.80. The average molecular weight is 357 g/mol. The third-order valence-corrected chi connectivity index (χ3v) is 3.80. The fourth-order valence-corrected chi connectivity index (χ4v) is 2.51. The van der Waals surface area contributed by atoms with Crippen LogP contribution >= 0.6 is 0 Å². The van der Waals surface area contributed by atoms with Gasteiger partial charge in [0.25, 0.3) is 11.8 Å². The van der Waals surface area contributed by atoms with Crippen molar-refractivity contribution in [1.29, 1.82) is 0 Å². The van der Waals surface area contributed by atoms with Gasteiger partial charge in [-0.1, -0.05) is 24.3 Å². The molecule has 1 aliphatic rings. The summed E-state index contributed by atoms with van der Waals surface area (Å²) in [6.07, 6.45) is -0.0440. The summed E-state index contributed by atoms with van der Waals surface area (Å²) >= 11 is 0. The zero-order valence-corrected chi connectivity index (χ0v) is 13.7. The average Bonchev–Trinajstić information content (AvgIpc) is 2.65. The van der Waals surface area contributed by atoms with E-state index in [1.807, 2.05) is 0 Å². The van der Waals surface area contributed by atoms with Gasteiger partial charge in [0.2, 0.25) is 5.91 Å². The number of hydrogen-bond acceptors (Lipinski definition) is 4. The van der Waals surface area contributed by atoms with Gasteiger partial charge < -0.3 is 9.64 Å². The number of benzene rings is 2. The number of rotatable bonds is 4. The Kier molecular flexibility index (Phi) is 5.12. The van der Waals surface area contributed by atoms with Gasteiger partial charge in [-0.3, -0.25) is 25.2 Å². The van der Waals surface area contributed by atoms with Crippen molar-refractivity contribution in [2.45, 2.75) is 6.42 Å². The van der Waals surface area contributed by atoms with Gasteiger partial charge in [-0.05, 0) is 24.3 Å². The van der Waals surface area contributed by atoms with Crippen molar-refractivity contribution < 1.29 is 23.5 Å². The molecule has 0 bridgehead atoms. The molecule has 3 amide bonds. The van der Waals surface area contributed by atoms with E-state index in [-0.39, 0.29) is 31.0 Å². The van der Waals surface area contributed by atoms with Crippen LogP contribution in [0.15, 0.2) is 48.5 Å². The molecule has 1 heterocycles. The standard InChI is InChI=1S/C18H16FN3O4/c19-13-6-2-1-5-12(13)18(25)21-20-16(23)9-10-22-14-7-3-4-8-15(14)26-11-17(22)24/h1-8H,9-11H2,(H,20,23)(H,21,25). The lowest BCUT2D eigenvalue weighted by Crippen LogP contribution is -2.45. The maximum atomic E-state index is 13.5. The largest absolute Gasteiger partial charge is 0.482 e. The molecule has 1 aliphatic heterocycles. The lowest BCUT2D eigenvalue weighted by molar-refractivity contribution is -0.122. The van der Waals surface area contributed by atoms with E-state index < -0.39 is 17.6 Å². The highest BCUT2D eigenvalue weighted by atomic mass is 19.1. The van der Waals surface area contributed by atoms with Gasteiger partial charge in [-0.25, -0.2) is 4.39 Å². The van der Waals surface area contributed by atoms with Gasteiger partial charge in [0.05, 0.1) is 11.3 Å². The number of para-hydroxylation sites is 2. The maximum absolute atomic E-state index is 13.5. The van der Waals surface area contributed by atoms with Crippen LogP contribution in [0.25, 0.3) is 0 Å². The number of fused-ring (bicyclic) bond motifs is 1. The number of halogens is 1. The second kappa shape index (κ2) is 7.64. The van der Waals surface area contributed by atoms with E-state index in [2.05, 4.69) is 10.9 Å². The van der Waals surface area contributed by atoms with Gasteiger partial charge in [0.1, 0.15) is 11.6 Å². The first-order valence-corrected chi connectivity index (χ1v) is 7.92. The van der Waals surface area contributed by atoms with E-state index in [9.17, 15) is 18.8 Å². The number of anilines is 1. The van der Waals surface area contributed by atoms with Gasteiger partial charge in [-0.15, -0.1) is 0 Å². The molecule has 0 atom stereocenters. The van der Waals surface area contributed by atoms with Crippen LogP contribution in [-0.2, 0) is 9.59 Å². The van der Waals surface area contributed by atoms with E-state index in [0.717, 1.165) is 6.07 Å². The Morgan fingerprint density at radius 1 is 1.08 bits per heavy atom. The summed E-state index contributed by atoms with van der Waals surface area (Å²) in [5, 5.41) is 0. The number of nitrogens with zero attached hydrogens (tertiary/aromatic N) is 1. The Hall–Kier alpha value is -3.42. The minimum atomic E-state index is -0.760. The number of ether oxygens (including phenoxy) is 1. The molecule has 0 radical (unpaired) electrons. The quantitative estimate of drug-likeness (QED) is 0.810. The lowest BCUT2D eigenvalue weighted by Gasteiger charge is -2.29. The fourth-order valence-electron chi connectivity index (χ4n) is 2.51. The molecular weight excluding hydrogens is 341 g/mol. The molecule has 134 valence electrons. The summed E-state index contributed by atoms with van der Waals surface area (Å²) in [6.45, 7) is 0.0310. The number of hydrazine groups is 1. The molecule has 0 spiro atoms. The summed E-state index contributed by atoms with van der Waals surface area (Å²) in [6, 6.07) is 12.5. The van der Waals surface area contributed by atoms with Crippen molar-refractivity contribution in [3.05, 3.63) is 59.9 Å². The van der Waals surface area contributed by atoms with Crippen molar-refractivity contribution in [1.82, 2.24) is 10.9 Å². The Bertz CT molecular complexity index is 856. The van der Waals surface area contributed by atoms with E-state index in [1.54, 1.807) is 24.3 Å². The van der Waals surface area contributed by atoms with Gasteiger partial charge >= 0.3 is 0 Å². The van der Waals surface area contributed by atoms with Crippen LogP contribution in [0.4, 0.5) is 10.1 Å². The Labute approximate surface area is 148 Å². The number of amides is 3. The molecule has 0 aliphatic carbocycles. The number of carbonyl (C=O) groups excluding carboxylic acids is 3. The van der Waals surface area contributed by atoms with Crippen LogP contribution in [0.1, 0.15) is 16.8 Å². The first kappa shape index (κ1) is 17.4. The van der Waals surface area contributed by atoms with Crippen LogP contribution < -0.4 is 20.5 Å². The second-order valence-electron chi connectivity index (χ2n) is 5.53.